The number of benzene rings is 1. The van der Waals surface area contributed by atoms with E-state index in [4.69, 9.17) is 10.5 Å². The van der Waals surface area contributed by atoms with Gasteiger partial charge in [0.15, 0.2) is 5.69 Å². The number of β-amino-alcohol motifs (C(OH)–C–C–N with tert-alkyl or cyclic N) is 1. The van der Waals surface area contributed by atoms with Crippen molar-refractivity contribution < 1.29 is 24.0 Å². The lowest BCUT2D eigenvalue weighted by atomic mass is 10.1. The summed E-state index contributed by atoms with van der Waals surface area (Å²) in [6.45, 7) is 0.993. The molecular formula is C28H32FN7O5. The first kappa shape index (κ1) is 28.2. The molecule has 1 saturated heterocycles. The first-order valence-corrected chi connectivity index (χ1v) is 13.5. The number of pyridine rings is 2. The second kappa shape index (κ2) is 12.0. The SMILES string of the molecule is COc1cccc(F)c1-c1nc(Nc2cc(N3CCC[C@H](O)C3)c(C(=O)N[C@@H]3CC[C@H](N)C3)cn2)ccc1[N+](=O)[O-]. The van der Waals surface area contributed by atoms with Crippen molar-refractivity contribution in [2.24, 2.45) is 5.73 Å². The number of halogens is 1. The fraction of sp³-hybridized carbons (Fsp3) is 0.393. The van der Waals surface area contributed by atoms with E-state index in [1.165, 1.54) is 43.6 Å². The van der Waals surface area contributed by atoms with E-state index < -0.39 is 22.5 Å². The molecule has 1 amide bonds. The lowest BCUT2D eigenvalue weighted by molar-refractivity contribution is -0.384. The molecule has 2 fully saturated rings. The summed E-state index contributed by atoms with van der Waals surface area (Å²) in [5.41, 5.74) is 6.21. The summed E-state index contributed by atoms with van der Waals surface area (Å²) in [5, 5.41) is 28.2. The van der Waals surface area contributed by atoms with Gasteiger partial charge in [0, 0.05) is 43.5 Å². The van der Waals surface area contributed by atoms with Gasteiger partial charge in [-0.1, -0.05) is 6.07 Å². The summed E-state index contributed by atoms with van der Waals surface area (Å²) in [7, 11) is 1.34. The fourth-order valence-corrected chi connectivity index (χ4v) is 5.42. The van der Waals surface area contributed by atoms with Crippen LogP contribution in [-0.4, -0.2) is 64.3 Å². The minimum atomic E-state index is -0.722. The molecule has 13 heteroatoms. The van der Waals surface area contributed by atoms with E-state index in [1.54, 1.807) is 6.07 Å². The van der Waals surface area contributed by atoms with Crippen LogP contribution in [-0.2, 0) is 0 Å². The van der Waals surface area contributed by atoms with Gasteiger partial charge >= 0.3 is 0 Å². The van der Waals surface area contributed by atoms with Crippen molar-refractivity contribution in [1.29, 1.82) is 0 Å². The van der Waals surface area contributed by atoms with Gasteiger partial charge in [-0.2, -0.15) is 0 Å². The third kappa shape index (κ3) is 6.20. The molecule has 5 rings (SSSR count). The predicted octanol–water partition coefficient (Wildman–Crippen LogP) is 3.51. The van der Waals surface area contributed by atoms with Gasteiger partial charge in [-0.25, -0.2) is 14.4 Å². The van der Waals surface area contributed by atoms with Gasteiger partial charge in [-0.3, -0.25) is 14.9 Å². The van der Waals surface area contributed by atoms with E-state index in [0.717, 1.165) is 19.3 Å². The molecule has 1 aromatic carbocycles. The Morgan fingerprint density at radius 3 is 2.78 bits per heavy atom. The smallest absolute Gasteiger partial charge is 0.295 e. The van der Waals surface area contributed by atoms with E-state index in [-0.39, 0.29) is 40.8 Å². The minimum Gasteiger partial charge on any atom is -0.496 e. The fourth-order valence-electron chi connectivity index (χ4n) is 5.42. The summed E-state index contributed by atoms with van der Waals surface area (Å²) in [4.78, 5) is 35.1. The zero-order valence-electron chi connectivity index (χ0n) is 22.5. The number of nitrogens with zero attached hydrogens (tertiary/aromatic N) is 4. The number of piperidine rings is 1. The molecule has 5 N–H and O–H groups in total. The summed E-state index contributed by atoms with van der Waals surface area (Å²) in [6.07, 6.45) is 4.70. The molecule has 2 aromatic heterocycles. The number of anilines is 3. The van der Waals surface area contributed by atoms with Crippen LogP contribution in [0.4, 0.5) is 27.4 Å². The number of aromatic nitrogens is 2. The second-order valence-electron chi connectivity index (χ2n) is 10.3. The van der Waals surface area contributed by atoms with Crippen LogP contribution >= 0.6 is 0 Å². The number of hydrogen-bond donors (Lipinski definition) is 4. The average Bonchev–Trinajstić information content (AvgIpc) is 3.36. The average molecular weight is 566 g/mol. The molecule has 1 aliphatic heterocycles. The molecule has 12 nitrogen and oxygen atoms in total. The topological polar surface area (TPSA) is 169 Å². The lowest BCUT2D eigenvalue weighted by Gasteiger charge is -2.33. The maximum atomic E-state index is 14.9. The van der Waals surface area contributed by atoms with Gasteiger partial charge in [-0.15, -0.1) is 0 Å². The molecule has 1 aliphatic carbocycles. The highest BCUT2D eigenvalue weighted by Crippen LogP contribution is 2.38. The number of aliphatic hydroxyl groups is 1. The minimum absolute atomic E-state index is 0.0202. The number of nitrogens with two attached hydrogens (primary N) is 1. The zero-order valence-corrected chi connectivity index (χ0v) is 22.5. The van der Waals surface area contributed by atoms with E-state index in [1.807, 2.05) is 4.90 Å². The molecule has 1 saturated carbocycles. The molecule has 3 heterocycles. The first-order chi connectivity index (χ1) is 19.7. The lowest BCUT2D eigenvalue weighted by Crippen LogP contribution is -2.40. The molecular weight excluding hydrogens is 533 g/mol. The first-order valence-electron chi connectivity index (χ1n) is 13.5. The normalized spacial score (nSPS) is 20.5. The molecule has 0 bridgehead atoms. The number of aliphatic hydroxyl groups excluding tert-OH is 1. The highest BCUT2D eigenvalue weighted by molar-refractivity contribution is 6.00. The van der Waals surface area contributed by atoms with Crippen molar-refractivity contribution in [3.63, 3.8) is 0 Å². The maximum absolute atomic E-state index is 14.9. The standard InChI is InChI=1S/C28H32FN7O5/c1-41-23-6-2-5-20(29)26(23)27-21(36(39)40)9-10-24(34-27)33-25-13-22(35-11-3-4-18(37)15-35)19(14-31-25)28(38)32-17-8-7-16(30)12-17/h2,5-6,9-10,13-14,16-18,37H,3-4,7-8,11-12,15,30H2,1H3,(H,32,38)(H,31,33,34)/t16-,17+,18-/m0/s1. The summed E-state index contributed by atoms with van der Waals surface area (Å²) in [5.74, 6) is -0.418. The third-order valence-corrected chi connectivity index (χ3v) is 7.43. The van der Waals surface area contributed by atoms with Gasteiger partial charge < -0.3 is 31.1 Å². The number of nitro groups is 1. The Bertz CT molecular complexity index is 1460. The number of carbonyl (C=O) groups is 1. The van der Waals surface area contributed by atoms with Gasteiger partial charge in [-0.05, 0) is 50.3 Å². The van der Waals surface area contributed by atoms with Gasteiger partial charge in [0.25, 0.3) is 11.6 Å². The van der Waals surface area contributed by atoms with E-state index >= 15 is 0 Å². The van der Waals surface area contributed by atoms with Gasteiger partial charge in [0.05, 0.1) is 35.0 Å². The third-order valence-electron chi connectivity index (χ3n) is 7.43. The quantitative estimate of drug-likeness (QED) is 0.234. The number of methoxy groups -OCH3 is 1. The van der Waals surface area contributed by atoms with Crippen molar-refractivity contribution in [2.45, 2.75) is 50.3 Å². The van der Waals surface area contributed by atoms with Crippen LogP contribution in [0.3, 0.4) is 0 Å². The molecule has 0 radical (unpaired) electrons. The van der Waals surface area contributed by atoms with Crippen LogP contribution in [0.15, 0.2) is 42.6 Å². The van der Waals surface area contributed by atoms with E-state index in [9.17, 15) is 24.4 Å². The number of rotatable bonds is 8. The van der Waals surface area contributed by atoms with Crippen LogP contribution in [0.2, 0.25) is 0 Å². The highest BCUT2D eigenvalue weighted by atomic mass is 19.1. The predicted molar refractivity (Wildman–Crippen MR) is 151 cm³/mol. The van der Waals surface area contributed by atoms with Gasteiger partial charge in [0.1, 0.15) is 23.2 Å². The van der Waals surface area contributed by atoms with Crippen molar-refractivity contribution in [3.05, 3.63) is 64.1 Å². The Kier molecular flexibility index (Phi) is 8.26. The van der Waals surface area contributed by atoms with Crippen LogP contribution in [0, 0.1) is 15.9 Å². The van der Waals surface area contributed by atoms with E-state index in [0.29, 0.717) is 43.0 Å². The number of hydrogen-bond acceptors (Lipinski definition) is 10. The molecule has 0 spiro atoms. The summed E-state index contributed by atoms with van der Waals surface area (Å²) >= 11 is 0. The Labute approximate surface area is 235 Å². The van der Waals surface area contributed by atoms with Gasteiger partial charge in [0.2, 0.25) is 0 Å². The van der Waals surface area contributed by atoms with Crippen molar-refractivity contribution in [1.82, 2.24) is 15.3 Å². The maximum Gasteiger partial charge on any atom is 0.295 e. The highest BCUT2D eigenvalue weighted by Gasteiger charge is 2.28. The summed E-state index contributed by atoms with van der Waals surface area (Å²) in [6, 6.07) is 8.45. The Balaban J connectivity index is 1.49. The van der Waals surface area contributed by atoms with Crippen molar-refractivity contribution in [2.75, 3.05) is 30.4 Å². The van der Waals surface area contributed by atoms with Crippen LogP contribution in [0.25, 0.3) is 11.3 Å². The monoisotopic (exact) mass is 565 g/mol. The second-order valence-corrected chi connectivity index (χ2v) is 10.3. The molecule has 216 valence electrons. The van der Waals surface area contributed by atoms with E-state index in [2.05, 4.69) is 20.6 Å². The number of ether oxygens (including phenoxy) is 1. The number of nitrogens with one attached hydrogen (secondary N) is 2. The molecule has 0 unspecified atom stereocenters. The van der Waals surface area contributed by atoms with Crippen molar-refractivity contribution in [3.8, 4) is 17.0 Å². The zero-order chi connectivity index (χ0) is 29.1. The number of carbonyl (C=O) groups excluding carboxylic acids is 1. The number of amides is 1. The van der Waals surface area contributed by atoms with Crippen molar-refractivity contribution >= 4 is 28.9 Å². The molecule has 2 aliphatic rings. The summed E-state index contributed by atoms with van der Waals surface area (Å²) < 4.78 is 20.1. The Hall–Kier alpha value is -4.36. The van der Waals surface area contributed by atoms with Crippen LogP contribution < -0.4 is 26.0 Å². The Morgan fingerprint density at radius 2 is 2.07 bits per heavy atom. The largest absolute Gasteiger partial charge is 0.496 e. The Morgan fingerprint density at radius 1 is 1.24 bits per heavy atom. The molecule has 3 aromatic rings. The molecule has 41 heavy (non-hydrogen) atoms. The van der Waals surface area contributed by atoms with Crippen LogP contribution in [0.5, 0.6) is 5.75 Å². The van der Waals surface area contributed by atoms with Crippen LogP contribution in [0.1, 0.15) is 42.5 Å². The molecule has 3 atom stereocenters.